The molecule has 8 heteroatoms. The van der Waals surface area contributed by atoms with Crippen LogP contribution in [0.4, 0.5) is 29.0 Å². The van der Waals surface area contributed by atoms with E-state index in [2.05, 4.69) is 30.5 Å². The number of aromatic nitrogens is 3. The number of benzene rings is 2. The van der Waals surface area contributed by atoms with Gasteiger partial charge in [0.15, 0.2) is 0 Å². The maximum atomic E-state index is 5.34. The minimum atomic E-state index is 0.501. The van der Waals surface area contributed by atoms with Crippen LogP contribution >= 0.6 is 0 Å². The molecule has 0 amide bonds. The van der Waals surface area contributed by atoms with Gasteiger partial charge >= 0.3 is 11.9 Å². The lowest BCUT2D eigenvalue weighted by Gasteiger charge is -2.10. The van der Waals surface area contributed by atoms with E-state index in [4.69, 9.17) is 4.74 Å². The second kappa shape index (κ2) is 8.45. The van der Waals surface area contributed by atoms with Crippen molar-refractivity contribution < 1.29 is 9.31 Å². The third kappa shape index (κ3) is 4.60. The van der Waals surface area contributed by atoms with Gasteiger partial charge in [0.1, 0.15) is 0 Å². The van der Waals surface area contributed by atoms with E-state index in [1.165, 1.54) is 0 Å². The molecule has 8 nitrogen and oxygen atoms in total. The van der Waals surface area contributed by atoms with Crippen LogP contribution in [0, 0.1) is 6.92 Å². The quantitative estimate of drug-likeness (QED) is 0.537. The summed E-state index contributed by atoms with van der Waals surface area (Å²) in [5, 5.41) is 11.7. The third-order valence-corrected chi connectivity index (χ3v) is 4.04. The maximum absolute atomic E-state index is 5.34. The zero-order valence-corrected chi connectivity index (χ0v) is 15.5. The molecule has 2 heterocycles. The minimum Gasteiger partial charge on any atom is -0.371 e. The van der Waals surface area contributed by atoms with Gasteiger partial charge in [-0.2, -0.15) is 15.2 Å². The van der Waals surface area contributed by atoms with E-state index in [1.807, 2.05) is 72.3 Å². The van der Waals surface area contributed by atoms with Crippen LogP contribution in [0.2, 0.25) is 0 Å². The Labute approximate surface area is 162 Å². The molecule has 0 saturated heterocycles. The summed E-state index contributed by atoms with van der Waals surface area (Å²) in [7, 11) is 0. The molecule has 1 aliphatic heterocycles. The lowest BCUT2D eigenvalue weighted by Crippen LogP contribution is -2.24. The highest BCUT2D eigenvalue weighted by Crippen LogP contribution is 2.22. The average Bonchev–Trinajstić information content (AvgIpc) is 2.74. The summed E-state index contributed by atoms with van der Waals surface area (Å²) in [4.78, 5) is 13.3. The number of hydrogen-bond acceptors (Lipinski definition) is 7. The SMILES string of the molecule is Cc1nc(Nc2ccc(N=Nc3ccccc3)cc2)nc([N+]2=CCOCC2)n1. The molecule has 1 N–H and O–H groups in total. The predicted molar refractivity (Wildman–Crippen MR) is 107 cm³/mol. The van der Waals surface area contributed by atoms with Crippen molar-refractivity contribution in [3.63, 3.8) is 0 Å². The number of azo groups is 1. The van der Waals surface area contributed by atoms with E-state index >= 15 is 0 Å². The Bertz CT molecular complexity index is 1000. The largest absolute Gasteiger partial charge is 0.438 e. The zero-order valence-electron chi connectivity index (χ0n) is 15.5. The highest BCUT2D eigenvalue weighted by Gasteiger charge is 2.19. The number of anilines is 2. The van der Waals surface area contributed by atoms with E-state index < -0.39 is 0 Å². The number of ether oxygens (including phenoxy) is 1. The summed E-state index contributed by atoms with van der Waals surface area (Å²) >= 11 is 0. The topological polar surface area (TPSA) is 87.7 Å². The van der Waals surface area contributed by atoms with Crippen LogP contribution in [0.1, 0.15) is 5.82 Å². The Balaban J connectivity index is 1.48. The number of nitrogens with zero attached hydrogens (tertiary/aromatic N) is 6. The van der Waals surface area contributed by atoms with Gasteiger partial charge in [0.05, 0.1) is 37.3 Å². The van der Waals surface area contributed by atoms with Crippen LogP contribution in [0.3, 0.4) is 0 Å². The van der Waals surface area contributed by atoms with E-state index in [1.54, 1.807) is 0 Å². The summed E-state index contributed by atoms with van der Waals surface area (Å²) in [5.41, 5.74) is 2.45. The summed E-state index contributed by atoms with van der Waals surface area (Å²) in [5.74, 6) is 1.77. The molecule has 140 valence electrons. The van der Waals surface area contributed by atoms with Crippen molar-refractivity contribution in [3.8, 4) is 0 Å². The lowest BCUT2D eigenvalue weighted by atomic mass is 10.3. The first-order chi connectivity index (χ1) is 13.8. The molecule has 1 aliphatic rings. The van der Waals surface area contributed by atoms with Crippen molar-refractivity contribution in [2.24, 2.45) is 10.2 Å². The molecular formula is C20H20N7O+. The fourth-order valence-electron chi connectivity index (χ4n) is 2.66. The molecular weight excluding hydrogens is 354 g/mol. The Kier molecular flexibility index (Phi) is 5.39. The molecule has 28 heavy (non-hydrogen) atoms. The van der Waals surface area contributed by atoms with Gasteiger partial charge in [-0.1, -0.05) is 23.2 Å². The molecule has 0 radical (unpaired) electrons. The third-order valence-electron chi connectivity index (χ3n) is 4.04. The first-order valence-electron chi connectivity index (χ1n) is 9.00. The summed E-state index contributed by atoms with van der Waals surface area (Å²) < 4.78 is 7.32. The summed E-state index contributed by atoms with van der Waals surface area (Å²) in [6.07, 6.45) is 1.94. The molecule has 0 unspecified atom stereocenters. The van der Waals surface area contributed by atoms with Crippen LogP contribution in [-0.2, 0) is 4.74 Å². The Morgan fingerprint density at radius 3 is 2.39 bits per heavy atom. The van der Waals surface area contributed by atoms with Gasteiger partial charge in [0.25, 0.3) is 0 Å². The molecule has 0 fully saturated rings. The number of rotatable bonds is 5. The molecule has 1 aromatic heterocycles. The van der Waals surface area contributed by atoms with Gasteiger partial charge in [-0.3, -0.25) is 0 Å². The molecule has 0 spiro atoms. The smallest absolute Gasteiger partial charge is 0.371 e. The van der Waals surface area contributed by atoms with Crippen molar-refractivity contribution in [1.82, 2.24) is 15.0 Å². The summed E-state index contributed by atoms with van der Waals surface area (Å²) in [6.45, 7) is 3.79. The number of nitrogens with one attached hydrogen (secondary N) is 1. The number of hydrogen-bond donors (Lipinski definition) is 1. The van der Waals surface area contributed by atoms with E-state index in [0.717, 1.165) is 23.6 Å². The monoisotopic (exact) mass is 374 g/mol. The fraction of sp³-hybridized carbons (Fsp3) is 0.200. The first-order valence-corrected chi connectivity index (χ1v) is 9.00. The maximum Gasteiger partial charge on any atom is 0.438 e. The summed E-state index contributed by atoms with van der Waals surface area (Å²) in [6, 6.07) is 17.2. The zero-order chi connectivity index (χ0) is 19.2. The van der Waals surface area contributed by atoms with Crippen LogP contribution in [0.25, 0.3) is 0 Å². The van der Waals surface area contributed by atoms with Crippen molar-refractivity contribution in [3.05, 3.63) is 60.4 Å². The van der Waals surface area contributed by atoms with Crippen molar-refractivity contribution in [1.29, 1.82) is 0 Å². The lowest BCUT2D eigenvalue weighted by molar-refractivity contribution is -0.458. The van der Waals surface area contributed by atoms with Crippen LogP contribution in [0.5, 0.6) is 0 Å². The second-order valence-electron chi connectivity index (χ2n) is 6.16. The van der Waals surface area contributed by atoms with Crippen LogP contribution in [0.15, 0.2) is 64.8 Å². The first kappa shape index (κ1) is 17.9. The normalized spacial score (nSPS) is 14.1. The van der Waals surface area contributed by atoms with Gasteiger partial charge in [-0.25, -0.2) is 4.58 Å². The second-order valence-corrected chi connectivity index (χ2v) is 6.16. The molecule has 0 saturated carbocycles. The van der Waals surface area contributed by atoms with Gasteiger partial charge in [-0.05, 0) is 41.4 Å². The average molecular weight is 374 g/mol. The molecule has 4 rings (SSSR count). The van der Waals surface area contributed by atoms with Gasteiger partial charge in [-0.15, -0.1) is 0 Å². The molecule has 2 aromatic carbocycles. The molecule has 0 atom stereocenters. The Morgan fingerprint density at radius 2 is 1.68 bits per heavy atom. The number of aryl methyl sites for hydroxylation is 1. The van der Waals surface area contributed by atoms with E-state index in [0.29, 0.717) is 30.9 Å². The Hall–Kier alpha value is -3.52. The predicted octanol–water partition coefficient (Wildman–Crippen LogP) is 4.08. The molecule has 0 aliphatic carbocycles. The van der Waals surface area contributed by atoms with E-state index in [9.17, 15) is 0 Å². The fourth-order valence-corrected chi connectivity index (χ4v) is 2.66. The van der Waals surface area contributed by atoms with Crippen molar-refractivity contribution >= 4 is 35.2 Å². The highest BCUT2D eigenvalue weighted by molar-refractivity contribution is 5.58. The standard InChI is InChI=1S/C20H20N7O/c1-15-21-19(24-20(22-15)27-11-13-28-14-12-27)23-16-7-9-18(10-8-16)26-25-17-5-3-2-4-6-17/h2-11H,12-14H2,1H3,(H,21,22,23,24)/q+1. The highest BCUT2D eigenvalue weighted by atomic mass is 16.5. The minimum absolute atomic E-state index is 0.501. The van der Waals surface area contributed by atoms with Crippen LogP contribution in [-0.4, -0.2) is 45.5 Å². The molecule has 3 aromatic rings. The van der Waals surface area contributed by atoms with Gasteiger partial charge in [0.2, 0.25) is 5.82 Å². The Morgan fingerprint density at radius 1 is 0.929 bits per heavy atom. The van der Waals surface area contributed by atoms with Gasteiger partial charge in [0, 0.05) is 12.6 Å². The van der Waals surface area contributed by atoms with Gasteiger partial charge < -0.3 is 10.1 Å². The van der Waals surface area contributed by atoms with Crippen LogP contribution < -0.4 is 5.32 Å². The molecule has 0 bridgehead atoms. The van der Waals surface area contributed by atoms with Crippen molar-refractivity contribution in [2.45, 2.75) is 6.92 Å². The van der Waals surface area contributed by atoms with Crippen molar-refractivity contribution in [2.75, 3.05) is 25.1 Å². The van der Waals surface area contributed by atoms with E-state index in [-0.39, 0.29) is 0 Å².